The summed E-state index contributed by atoms with van der Waals surface area (Å²) in [6, 6.07) is 2.95. The van der Waals surface area contributed by atoms with E-state index in [-0.39, 0.29) is 48.8 Å². The fourth-order valence-corrected chi connectivity index (χ4v) is 4.23. The number of hydrogen-bond acceptors (Lipinski definition) is 5. The standard InChI is InChI=1S/C21H20ClF4N5O2/c1-10(12-4-3-5-13(16(12)23)17(24)25)27-18-14-6-30(7-15(14)28-20(22)29-18)19(33)21(26)8-31(9-21)11(2)32/h3-5,10,17H,6-9H2,1-2H3,(H,27,28,29)/t10-/m1/s1. The van der Waals surface area contributed by atoms with E-state index in [1.54, 1.807) is 6.92 Å². The minimum atomic E-state index is -2.96. The van der Waals surface area contributed by atoms with Gasteiger partial charge in [-0.25, -0.2) is 27.5 Å². The summed E-state index contributed by atoms with van der Waals surface area (Å²) in [7, 11) is 0. The molecule has 1 aromatic carbocycles. The first kappa shape index (κ1) is 23.2. The third-order valence-corrected chi connectivity index (χ3v) is 6.04. The van der Waals surface area contributed by atoms with Gasteiger partial charge < -0.3 is 15.1 Å². The Balaban J connectivity index is 1.54. The van der Waals surface area contributed by atoms with E-state index in [9.17, 15) is 27.2 Å². The maximum absolute atomic E-state index is 15.0. The Morgan fingerprint density at radius 1 is 1.15 bits per heavy atom. The molecule has 1 atom stereocenters. The number of fused-ring (bicyclic) bond motifs is 1. The second-order valence-electron chi connectivity index (χ2n) is 8.19. The van der Waals surface area contributed by atoms with E-state index in [1.165, 1.54) is 28.9 Å². The number of carbonyl (C=O) groups is 2. The maximum Gasteiger partial charge on any atom is 0.266 e. The molecule has 3 heterocycles. The van der Waals surface area contributed by atoms with Crippen LogP contribution in [0, 0.1) is 5.82 Å². The van der Waals surface area contributed by atoms with Gasteiger partial charge in [-0.2, -0.15) is 0 Å². The molecule has 0 bridgehead atoms. The SMILES string of the molecule is CC(=O)N1CC(F)(C(=O)N2Cc3nc(Cl)nc(N[C@H](C)c4cccc(C(F)F)c4F)c3C2)C1. The van der Waals surface area contributed by atoms with Crippen LogP contribution in [0.3, 0.4) is 0 Å². The summed E-state index contributed by atoms with van der Waals surface area (Å²) in [5, 5.41) is 2.81. The van der Waals surface area contributed by atoms with Crippen molar-refractivity contribution in [1.82, 2.24) is 19.8 Å². The second-order valence-corrected chi connectivity index (χ2v) is 8.52. The molecule has 2 aromatic rings. The molecule has 2 amide bonds. The Hall–Kier alpha value is -2.95. The molecular weight excluding hydrogens is 466 g/mol. The van der Waals surface area contributed by atoms with E-state index >= 15 is 0 Å². The summed E-state index contributed by atoms with van der Waals surface area (Å²) in [6.07, 6.45) is -2.96. The molecule has 2 aliphatic heterocycles. The molecule has 176 valence electrons. The number of amides is 2. The molecular formula is C21H20ClF4N5O2. The van der Waals surface area contributed by atoms with Gasteiger partial charge in [0, 0.05) is 18.1 Å². The Labute approximate surface area is 191 Å². The normalized spacial score (nSPS) is 17.6. The highest BCUT2D eigenvalue weighted by atomic mass is 35.5. The van der Waals surface area contributed by atoms with Crippen molar-refractivity contribution in [2.45, 2.75) is 45.1 Å². The third kappa shape index (κ3) is 4.21. The first-order valence-electron chi connectivity index (χ1n) is 10.1. The molecule has 1 aromatic heterocycles. The average Bonchev–Trinajstić information content (AvgIpc) is 3.14. The first-order chi connectivity index (χ1) is 15.5. The van der Waals surface area contributed by atoms with E-state index in [0.717, 1.165) is 6.07 Å². The minimum Gasteiger partial charge on any atom is -0.363 e. The highest BCUT2D eigenvalue weighted by Crippen LogP contribution is 2.35. The largest absolute Gasteiger partial charge is 0.363 e. The lowest BCUT2D eigenvalue weighted by Gasteiger charge is -2.44. The molecule has 4 rings (SSSR count). The van der Waals surface area contributed by atoms with E-state index in [1.807, 2.05) is 0 Å². The summed E-state index contributed by atoms with van der Waals surface area (Å²) in [5.74, 6) is -1.92. The molecule has 1 fully saturated rings. The van der Waals surface area contributed by atoms with Gasteiger partial charge >= 0.3 is 0 Å². The average molecular weight is 486 g/mol. The third-order valence-electron chi connectivity index (χ3n) is 5.87. The highest BCUT2D eigenvalue weighted by molar-refractivity contribution is 6.28. The summed E-state index contributed by atoms with van der Waals surface area (Å²) < 4.78 is 55.7. The van der Waals surface area contributed by atoms with Gasteiger partial charge in [0.15, 0.2) is 0 Å². The van der Waals surface area contributed by atoms with Crippen LogP contribution in [0.2, 0.25) is 5.28 Å². The zero-order valence-electron chi connectivity index (χ0n) is 17.7. The number of halogens is 5. The van der Waals surface area contributed by atoms with Crippen molar-refractivity contribution in [3.63, 3.8) is 0 Å². The van der Waals surface area contributed by atoms with Gasteiger partial charge in [-0.3, -0.25) is 9.59 Å². The Morgan fingerprint density at radius 3 is 2.45 bits per heavy atom. The predicted molar refractivity (Wildman–Crippen MR) is 111 cm³/mol. The zero-order valence-corrected chi connectivity index (χ0v) is 18.5. The lowest BCUT2D eigenvalue weighted by molar-refractivity contribution is -0.163. The molecule has 2 aliphatic rings. The number of nitrogens with zero attached hydrogens (tertiary/aromatic N) is 4. The number of benzene rings is 1. The number of hydrogen-bond donors (Lipinski definition) is 1. The molecule has 0 unspecified atom stereocenters. The molecule has 0 radical (unpaired) electrons. The van der Waals surface area contributed by atoms with Gasteiger partial charge in [0.2, 0.25) is 16.9 Å². The van der Waals surface area contributed by atoms with Crippen LogP contribution in [0.15, 0.2) is 18.2 Å². The molecule has 33 heavy (non-hydrogen) atoms. The van der Waals surface area contributed by atoms with Crippen LogP contribution in [-0.2, 0) is 22.7 Å². The second kappa shape index (κ2) is 8.44. The molecule has 12 heteroatoms. The van der Waals surface area contributed by atoms with Crippen LogP contribution in [0.4, 0.5) is 23.4 Å². The fourth-order valence-electron chi connectivity index (χ4n) is 4.04. The Kier molecular flexibility index (Phi) is 5.94. The van der Waals surface area contributed by atoms with Crippen molar-refractivity contribution >= 4 is 29.2 Å². The van der Waals surface area contributed by atoms with Crippen molar-refractivity contribution in [1.29, 1.82) is 0 Å². The number of alkyl halides is 3. The molecule has 0 spiro atoms. The van der Waals surface area contributed by atoms with Gasteiger partial charge in [-0.1, -0.05) is 18.2 Å². The van der Waals surface area contributed by atoms with Gasteiger partial charge in [0.05, 0.1) is 43.5 Å². The molecule has 1 saturated heterocycles. The Bertz CT molecular complexity index is 1130. The van der Waals surface area contributed by atoms with E-state index in [0.29, 0.717) is 11.3 Å². The molecule has 0 saturated carbocycles. The first-order valence-corrected chi connectivity index (χ1v) is 10.5. The monoisotopic (exact) mass is 485 g/mol. The van der Waals surface area contributed by atoms with Gasteiger partial charge in [0.1, 0.15) is 11.6 Å². The zero-order chi connectivity index (χ0) is 24.1. The van der Waals surface area contributed by atoms with Crippen LogP contribution in [0.25, 0.3) is 0 Å². The van der Waals surface area contributed by atoms with Crippen molar-refractivity contribution in [2.75, 3.05) is 18.4 Å². The van der Waals surface area contributed by atoms with Crippen molar-refractivity contribution in [2.24, 2.45) is 0 Å². The topological polar surface area (TPSA) is 78.4 Å². The number of rotatable bonds is 5. The Morgan fingerprint density at radius 2 is 1.82 bits per heavy atom. The number of nitrogens with one attached hydrogen (secondary N) is 1. The smallest absolute Gasteiger partial charge is 0.266 e. The van der Waals surface area contributed by atoms with Crippen molar-refractivity contribution in [3.05, 3.63) is 51.7 Å². The quantitative estimate of drug-likeness (QED) is 0.515. The summed E-state index contributed by atoms with van der Waals surface area (Å²) in [6.45, 7) is 2.19. The van der Waals surface area contributed by atoms with Gasteiger partial charge in [0.25, 0.3) is 12.3 Å². The molecule has 7 nitrogen and oxygen atoms in total. The molecule has 0 aliphatic carbocycles. The summed E-state index contributed by atoms with van der Waals surface area (Å²) in [4.78, 5) is 34.8. The molecule has 1 N–H and O–H groups in total. The number of aromatic nitrogens is 2. The van der Waals surface area contributed by atoms with Crippen LogP contribution in [0.5, 0.6) is 0 Å². The van der Waals surface area contributed by atoms with E-state index < -0.39 is 35.4 Å². The number of carbonyl (C=O) groups excluding carboxylic acids is 2. The summed E-state index contributed by atoms with van der Waals surface area (Å²) in [5.41, 5.74) is -2.02. The fraction of sp³-hybridized carbons (Fsp3) is 0.429. The summed E-state index contributed by atoms with van der Waals surface area (Å²) >= 11 is 6.01. The predicted octanol–water partition coefficient (Wildman–Crippen LogP) is 3.79. The maximum atomic E-state index is 15.0. The lowest BCUT2D eigenvalue weighted by atomic mass is 9.94. The van der Waals surface area contributed by atoms with Crippen LogP contribution >= 0.6 is 11.6 Å². The van der Waals surface area contributed by atoms with Crippen LogP contribution < -0.4 is 5.32 Å². The van der Waals surface area contributed by atoms with Crippen molar-refractivity contribution in [3.8, 4) is 0 Å². The lowest BCUT2D eigenvalue weighted by Crippen LogP contribution is -2.67. The van der Waals surface area contributed by atoms with Gasteiger partial charge in [-0.15, -0.1) is 0 Å². The van der Waals surface area contributed by atoms with Crippen molar-refractivity contribution < 1.29 is 27.2 Å². The minimum absolute atomic E-state index is 0.00344. The van der Waals surface area contributed by atoms with E-state index in [4.69, 9.17) is 11.6 Å². The van der Waals surface area contributed by atoms with E-state index in [2.05, 4.69) is 15.3 Å². The number of anilines is 1. The number of likely N-dealkylation sites (tertiary alicyclic amines) is 1. The van der Waals surface area contributed by atoms with Gasteiger partial charge in [-0.05, 0) is 18.5 Å². The van der Waals surface area contributed by atoms with Crippen LogP contribution in [0.1, 0.15) is 48.7 Å². The van der Waals surface area contributed by atoms with Crippen LogP contribution in [-0.4, -0.2) is 50.3 Å². The highest BCUT2D eigenvalue weighted by Gasteiger charge is 2.53.